The van der Waals surface area contributed by atoms with Crippen LogP contribution >= 0.6 is 0 Å². The molecule has 2 aliphatic rings. The molecule has 1 saturated carbocycles. The number of nitrogens with one attached hydrogen (secondary N) is 1. The molecule has 2 amide bonds. The van der Waals surface area contributed by atoms with Gasteiger partial charge in [0, 0.05) is 55.9 Å². The van der Waals surface area contributed by atoms with E-state index >= 15 is 0 Å². The summed E-state index contributed by atoms with van der Waals surface area (Å²) in [6.07, 6.45) is 9.66. The Morgan fingerprint density at radius 2 is 1.93 bits per heavy atom. The van der Waals surface area contributed by atoms with Crippen LogP contribution in [0.3, 0.4) is 0 Å². The van der Waals surface area contributed by atoms with Gasteiger partial charge in [0.05, 0.1) is 12.3 Å². The molecule has 1 aliphatic heterocycles. The first-order valence-corrected chi connectivity index (χ1v) is 10.3. The standard InChI is InChI=1S/C21H25N7O2/c22-11-14-1-3-15(4-2-14)21(30)28-9-7-27(8-10-28)18-13-25-20-19(26-18)16(12-24-20)5-6-17(23)29/h5-6,12-15H,1-4,7-10H2,(H2,23,29)(H,24,25)/b6-5+. The highest BCUT2D eigenvalue weighted by molar-refractivity contribution is 5.93. The van der Waals surface area contributed by atoms with Crippen LogP contribution in [-0.2, 0) is 9.59 Å². The molecular weight excluding hydrogens is 382 g/mol. The second-order valence-corrected chi connectivity index (χ2v) is 7.90. The predicted molar refractivity (Wildman–Crippen MR) is 112 cm³/mol. The molecule has 0 unspecified atom stereocenters. The molecule has 3 N–H and O–H groups in total. The summed E-state index contributed by atoms with van der Waals surface area (Å²) < 4.78 is 0. The van der Waals surface area contributed by atoms with E-state index in [0.717, 1.165) is 37.1 Å². The maximum Gasteiger partial charge on any atom is 0.241 e. The van der Waals surface area contributed by atoms with Crippen LogP contribution in [0.5, 0.6) is 0 Å². The smallest absolute Gasteiger partial charge is 0.241 e. The maximum atomic E-state index is 12.9. The Kier molecular flexibility index (Phi) is 5.65. The molecule has 1 aliphatic carbocycles. The number of carbonyl (C=O) groups is 2. The van der Waals surface area contributed by atoms with E-state index in [4.69, 9.17) is 16.0 Å². The summed E-state index contributed by atoms with van der Waals surface area (Å²) in [4.78, 5) is 40.1. The zero-order chi connectivity index (χ0) is 21.1. The van der Waals surface area contributed by atoms with Gasteiger partial charge in [-0.15, -0.1) is 0 Å². The molecule has 0 radical (unpaired) electrons. The second kappa shape index (κ2) is 8.53. The molecular formula is C21H25N7O2. The predicted octanol–water partition coefficient (Wildman–Crippen LogP) is 1.43. The van der Waals surface area contributed by atoms with Gasteiger partial charge in [0.1, 0.15) is 11.3 Å². The van der Waals surface area contributed by atoms with E-state index in [9.17, 15) is 9.59 Å². The Morgan fingerprint density at radius 3 is 2.60 bits per heavy atom. The van der Waals surface area contributed by atoms with Crippen molar-refractivity contribution in [3.05, 3.63) is 24.0 Å². The van der Waals surface area contributed by atoms with Crippen molar-refractivity contribution in [2.24, 2.45) is 17.6 Å². The number of H-pyrrole nitrogens is 1. The summed E-state index contributed by atoms with van der Waals surface area (Å²) in [6.45, 7) is 2.68. The second-order valence-electron chi connectivity index (χ2n) is 7.90. The summed E-state index contributed by atoms with van der Waals surface area (Å²) in [5.41, 5.74) is 7.25. The molecule has 9 heteroatoms. The van der Waals surface area contributed by atoms with Gasteiger partial charge in [-0.25, -0.2) is 9.97 Å². The monoisotopic (exact) mass is 407 g/mol. The van der Waals surface area contributed by atoms with Crippen LogP contribution in [0.4, 0.5) is 5.82 Å². The quantitative estimate of drug-likeness (QED) is 0.737. The SMILES string of the molecule is N#CC1CCC(C(=O)N2CCN(c3cnc4[nH]cc(/C=C/C(N)=O)c4n3)CC2)CC1. The third-order valence-electron chi connectivity index (χ3n) is 6.00. The van der Waals surface area contributed by atoms with Gasteiger partial charge >= 0.3 is 0 Å². The number of anilines is 1. The Bertz CT molecular complexity index is 1010. The molecule has 0 bridgehead atoms. The number of nitrogens with zero attached hydrogens (tertiary/aromatic N) is 5. The fourth-order valence-electron chi connectivity index (χ4n) is 4.24. The number of amides is 2. The highest BCUT2D eigenvalue weighted by atomic mass is 16.2. The van der Waals surface area contributed by atoms with E-state index in [0.29, 0.717) is 37.3 Å². The number of aromatic nitrogens is 3. The fourth-order valence-corrected chi connectivity index (χ4v) is 4.24. The number of hydrogen-bond donors (Lipinski definition) is 2. The largest absolute Gasteiger partial charge is 0.366 e. The van der Waals surface area contributed by atoms with E-state index in [-0.39, 0.29) is 17.7 Å². The van der Waals surface area contributed by atoms with Crippen LogP contribution in [-0.4, -0.2) is 57.8 Å². The van der Waals surface area contributed by atoms with Crippen molar-refractivity contribution in [3.63, 3.8) is 0 Å². The molecule has 0 spiro atoms. The molecule has 9 nitrogen and oxygen atoms in total. The number of carbonyl (C=O) groups excluding carboxylic acids is 2. The Balaban J connectivity index is 1.40. The van der Waals surface area contributed by atoms with Crippen LogP contribution < -0.4 is 10.6 Å². The topological polar surface area (TPSA) is 132 Å². The molecule has 2 fully saturated rings. The van der Waals surface area contributed by atoms with Gasteiger partial charge in [0.2, 0.25) is 11.8 Å². The van der Waals surface area contributed by atoms with E-state index in [1.807, 2.05) is 4.90 Å². The average Bonchev–Trinajstić information content (AvgIpc) is 3.19. The first-order chi connectivity index (χ1) is 14.5. The van der Waals surface area contributed by atoms with E-state index in [1.54, 1.807) is 18.5 Å². The lowest BCUT2D eigenvalue weighted by molar-refractivity contribution is -0.137. The number of fused-ring (bicyclic) bond motifs is 1. The lowest BCUT2D eigenvalue weighted by Crippen LogP contribution is -2.51. The summed E-state index contributed by atoms with van der Waals surface area (Å²) in [6, 6.07) is 2.32. The third-order valence-corrected chi connectivity index (χ3v) is 6.00. The van der Waals surface area contributed by atoms with E-state index < -0.39 is 5.91 Å². The van der Waals surface area contributed by atoms with Crippen molar-refractivity contribution in [1.29, 1.82) is 5.26 Å². The number of hydrogen-bond acceptors (Lipinski definition) is 6. The van der Waals surface area contributed by atoms with Crippen molar-refractivity contribution in [2.45, 2.75) is 25.7 Å². The Labute approximate surface area is 174 Å². The summed E-state index contributed by atoms with van der Waals surface area (Å²) >= 11 is 0. The minimum absolute atomic E-state index is 0.0525. The van der Waals surface area contributed by atoms with E-state index in [2.05, 4.69) is 20.9 Å². The van der Waals surface area contributed by atoms with Crippen LogP contribution in [0.15, 0.2) is 18.5 Å². The van der Waals surface area contributed by atoms with Crippen molar-refractivity contribution < 1.29 is 9.59 Å². The molecule has 30 heavy (non-hydrogen) atoms. The molecule has 2 aromatic rings. The van der Waals surface area contributed by atoms with Crippen molar-refractivity contribution in [2.75, 3.05) is 31.1 Å². The van der Waals surface area contributed by atoms with Gasteiger partial charge in [-0.3, -0.25) is 9.59 Å². The average molecular weight is 407 g/mol. The molecule has 156 valence electrons. The summed E-state index contributed by atoms with van der Waals surface area (Å²) in [5.74, 6) is 0.608. The van der Waals surface area contributed by atoms with Crippen molar-refractivity contribution in [1.82, 2.24) is 19.9 Å². The van der Waals surface area contributed by atoms with Crippen LogP contribution in [0.25, 0.3) is 17.2 Å². The first-order valence-electron chi connectivity index (χ1n) is 10.3. The van der Waals surface area contributed by atoms with Crippen molar-refractivity contribution >= 4 is 34.9 Å². The normalized spacial score (nSPS) is 22.4. The Hall–Kier alpha value is -3.41. The molecule has 0 aromatic carbocycles. The summed E-state index contributed by atoms with van der Waals surface area (Å²) in [7, 11) is 0. The minimum atomic E-state index is -0.518. The van der Waals surface area contributed by atoms with Gasteiger partial charge in [0.25, 0.3) is 0 Å². The minimum Gasteiger partial charge on any atom is -0.366 e. The number of piperazine rings is 1. The highest BCUT2D eigenvalue weighted by Crippen LogP contribution is 2.30. The number of aromatic amines is 1. The fraction of sp³-hybridized carbons (Fsp3) is 0.476. The van der Waals surface area contributed by atoms with Crippen molar-refractivity contribution in [3.8, 4) is 6.07 Å². The number of nitrogens with two attached hydrogens (primary N) is 1. The Morgan fingerprint density at radius 1 is 1.20 bits per heavy atom. The molecule has 4 rings (SSSR count). The first kappa shape index (κ1) is 19.9. The molecule has 3 heterocycles. The van der Waals surface area contributed by atoms with Gasteiger partial charge in [-0.2, -0.15) is 5.26 Å². The van der Waals surface area contributed by atoms with Crippen LogP contribution in [0, 0.1) is 23.2 Å². The molecule has 2 aromatic heterocycles. The number of primary amides is 1. The van der Waals surface area contributed by atoms with Crippen LogP contribution in [0.1, 0.15) is 31.2 Å². The molecule has 0 atom stereocenters. The maximum absolute atomic E-state index is 12.9. The van der Waals surface area contributed by atoms with Gasteiger partial charge in [-0.05, 0) is 31.8 Å². The number of rotatable bonds is 4. The van der Waals surface area contributed by atoms with Gasteiger partial charge in [-0.1, -0.05) is 0 Å². The summed E-state index contributed by atoms with van der Waals surface area (Å²) in [5, 5.41) is 9.04. The molecule has 1 saturated heterocycles. The van der Waals surface area contributed by atoms with Gasteiger partial charge in [0.15, 0.2) is 5.65 Å². The van der Waals surface area contributed by atoms with Gasteiger partial charge < -0.3 is 20.5 Å². The lowest BCUT2D eigenvalue weighted by atomic mass is 9.82. The number of nitriles is 1. The zero-order valence-corrected chi connectivity index (χ0v) is 16.8. The van der Waals surface area contributed by atoms with Crippen LogP contribution in [0.2, 0.25) is 0 Å². The van der Waals surface area contributed by atoms with E-state index in [1.165, 1.54) is 6.08 Å². The zero-order valence-electron chi connectivity index (χ0n) is 16.8. The third kappa shape index (κ3) is 4.13. The lowest BCUT2D eigenvalue weighted by Gasteiger charge is -2.37. The highest BCUT2D eigenvalue weighted by Gasteiger charge is 2.31.